The molecule has 1 aromatic carbocycles. The van der Waals surface area contributed by atoms with Crippen LogP contribution in [-0.2, 0) is 10.8 Å². The number of aromatic nitrogens is 2. The number of halogens is 1. The van der Waals surface area contributed by atoms with Crippen LogP contribution in [0.15, 0.2) is 36.7 Å². The molecule has 0 spiro atoms. The fraction of sp³-hybridized carbons (Fsp3) is 0.474. The first kappa shape index (κ1) is 18.9. The van der Waals surface area contributed by atoms with Crippen molar-refractivity contribution in [3.63, 3.8) is 0 Å². The van der Waals surface area contributed by atoms with Crippen molar-refractivity contribution in [3.8, 4) is 0 Å². The molecule has 3 rings (SSSR count). The van der Waals surface area contributed by atoms with Gasteiger partial charge in [-0.25, -0.2) is 14.4 Å². The zero-order chi connectivity index (χ0) is 18.6. The first-order chi connectivity index (χ1) is 12.4. The summed E-state index contributed by atoms with van der Waals surface area (Å²) in [5.74, 6) is 0.545. The third-order valence-electron chi connectivity index (χ3n) is 4.25. The molecule has 140 valence electrons. The number of anilines is 1. The maximum absolute atomic E-state index is 13.3. The fourth-order valence-electron chi connectivity index (χ4n) is 3.03. The summed E-state index contributed by atoms with van der Waals surface area (Å²) in [6.45, 7) is 10.3. The number of hydrogen-bond donors (Lipinski definition) is 1. The van der Waals surface area contributed by atoms with Crippen LogP contribution >= 0.6 is 0 Å². The minimum Gasteiger partial charge on any atom is -0.410 e. The van der Waals surface area contributed by atoms with E-state index >= 15 is 0 Å². The monoisotopic (exact) mass is 374 g/mol. The second-order valence-corrected chi connectivity index (χ2v) is 12.1. The molecule has 1 atom stereocenters. The van der Waals surface area contributed by atoms with E-state index in [2.05, 4.69) is 39.8 Å². The molecule has 2 aromatic rings. The quantitative estimate of drug-likeness (QED) is 0.787. The van der Waals surface area contributed by atoms with Crippen LogP contribution in [-0.4, -0.2) is 44.5 Å². The van der Waals surface area contributed by atoms with Crippen LogP contribution in [0, 0.1) is 5.82 Å². The van der Waals surface area contributed by atoms with Gasteiger partial charge >= 0.3 is 0 Å². The van der Waals surface area contributed by atoms with Gasteiger partial charge in [0.15, 0.2) is 8.32 Å². The topological polar surface area (TPSA) is 50.3 Å². The van der Waals surface area contributed by atoms with Crippen molar-refractivity contribution in [1.29, 1.82) is 0 Å². The number of piperazine rings is 1. The molecule has 0 unspecified atom stereocenters. The highest BCUT2D eigenvalue weighted by Gasteiger charge is 2.23. The molecule has 0 saturated carbocycles. The largest absolute Gasteiger partial charge is 0.410 e. The van der Waals surface area contributed by atoms with E-state index in [1.54, 1.807) is 12.1 Å². The van der Waals surface area contributed by atoms with E-state index in [4.69, 9.17) is 4.43 Å². The summed E-state index contributed by atoms with van der Waals surface area (Å²) in [4.78, 5) is 11.3. The molecule has 7 heteroatoms. The smallest absolute Gasteiger partial charge is 0.225 e. The normalized spacial score (nSPS) is 16.5. The summed E-state index contributed by atoms with van der Waals surface area (Å²) in [7, 11) is -1.76. The van der Waals surface area contributed by atoms with Crippen LogP contribution in [0.5, 0.6) is 0 Å². The van der Waals surface area contributed by atoms with Gasteiger partial charge in [-0.15, -0.1) is 0 Å². The van der Waals surface area contributed by atoms with Crippen LogP contribution in [0.4, 0.5) is 10.3 Å². The van der Waals surface area contributed by atoms with Gasteiger partial charge in [-0.1, -0.05) is 12.1 Å². The minimum absolute atomic E-state index is 0.115. The first-order valence-electron chi connectivity index (χ1n) is 9.10. The number of nitrogens with one attached hydrogen (secondary N) is 1. The second kappa shape index (κ2) is 8.24. The predicted molar refractivity (Wildman–Crippen MR) is 104 cm³/mol. The van der Waals surface area contributed by atoms with Gasteiger partial charge in [0.2, 0.25) is 5.95 Å². The van der Waals surface area contributed by atoms with Crippen LogP contribution in [0.3, 0.4) is 0 Å². The van der Waals surface area contributed by atoms with Gasteiger partial charge in [0.25, 0.3) is 0 Å². The second-order valence-electron chi connectivity index (χ2n) is 7.60. The molecule has 1 N–H and O–H groups in total. The lowest BCUT2D eigenvalue weighted by atomic mass is 10.0. The van der Waals surface area contributed by atoms with Crippen LogP contribution in [0.2, 0.25) is 19.6 Å². The third-order valence-corrected chi connectivity index (χ3v) is 5.24. The van der Waals surface area contributed by atoms with E-state index in [1.165, 1.54) is 12.1 Å². The Morgan fingerprint density at radius 3 is 2.31 bits per heavy atom. The molecule has 0 radical (unpaired) electrons. The summed E-state index contributed by atoms with van der Waals surface area (Å²) in [5, 5.41) is 3.33. The summed E-state index contributed by atoms with van der Waals surface area (Å²) in [6.07, 6.45) is 4.33. The number of rotatable bonds is 6. The van der Waals surface area contributed by atoms with Crippen LogP contribution in [0.25, 0.3) is 0 Å². The Morgan fingerprint density at radius 1 is 1.12 bits per heavy atom. The Labute approximate surface area is 155 Å². The van der Waals surface area contributed by atoms with E-state index in [0.29, 0.717) is 6.42 Å². The zero-order valence-electron chi connectivity index (χ0n) is 15.7. The van der Waals surface area contributed by atoms with Crippen LogP contribution < -0.4 is 10.2 Å². The molecule has 5 nitrogen and oxygen atoms in total. The number of hydrogen-bond acceptors (Lipinski definition) is 5. The average Bonchev–Trinajstić information content (AvgIpc) is 2.62. The Hall–Kier alpha value is -1.83. The maximum Gasteiger partial charge on any atom is 0.225 e. The first-order valence-corrected chi connectivity index (χ1v) is 12.5. The zero-order valence-corrected chi connectivity index (χ0v) is 16.7. The molecule has 1 fully saturated rings. The lowest BCUT2D eigenvalue weighted by Crippen LogP contribution is -2.44. The molecular weight excluding hydrogens is 347 g/mol. The van der Waals surface area contributed by atoms with Gasteiger partial charge in [-0.05, 0) is 42.9 Å². The van der Waals surface area contributed by atoms with Crippen LogP contribution in [0.1, 0.15) is 17.2 Å². The van der Waals surface area contributed by atoms with E-state index in [0.717, 1.165) is 43.3 Å². The highest BCUT2D eigenvalue weighted by molar-refractivity contribution is 6.69. The van der Waals surface area contributed by atoms with Crippen molar-refractivity contribution >= 4 is 14.3 Å². The predicted octanol–water partition coefficient (Wildman–Crippen LogP) is 3.16. The van der Waals surface area contributed by atoms with E-state index in [1.807, 2.05) is 12.4 Å². The van der Waals surface area contributed by atoms with E-state index < -0.39 is 8.32 Å². The third kappa shape index (κ3) is 5.33. The molecule has 0 aliphatic carbocycles. The molecule has 26 heavy (non-hydrogen) atoms. The molecule has 1 saturated heterocycles. The average molecular weight is 375 g/mol. The van der Waals surface area contributed by atoms with Gasteiger partial charge in [0.05, 0.1) is 6.10 Å². The lowest BCUT2D eigenvalue weighted by molar-refractivity contribution is 0.198. The number of nitrogens with zero attached hydrogens (tertiary/aromatic N) is 3. The SMILES string of the molecule is C[Si](C)(C)O[C@@H](Cc1cnc(N2CCNCC2)nc1)c1ccc(F)cc1. The van der Waals surface area contributed by atoms with Gasteiger partial charge in [0, 0.05) is 45.0 Å². The summed E-state index contributed by atoms with van der Waals surface area (Å²) < 4.78 is 19.6. The van der Waals surface area contributed by atoms with Gasteiger partial charge < -0.3 is 14.6 Å². The van der Waals surface area contributed by atoms with Gasteiger partial charge in [-0.2, -0.15) is 0 Å². The summed E-state index contributed by atoms with van der Waals surface area (Å²) in [6, 6.07) is 6.58. The fourth-order valence-corrected chi connectivity index (χ4v) is 4.10. The van der Waals surface area contributed by atoms with Gasteiger partial charge in [0.1, 0.15) is 5.82 Å². The standard InChI is InChI=1S/C19H27FN4OSi/c1-26(2,3)25-18(16-4-6-17(20)7-5-16)12-15-13-22-19(23-14-15)24-10-8-21-9-11-24/h4-7,13-14,18,21H,8-12H2,1-3H3/t18-/m0/s1. The molecule has 1 aromatic heterocycles. The minimum atomic E-state index is -1.76. The van der Waals surface area contributed by atoms with E-state index in [9.17, 15) is 4.39 Å². The van der Waals surface area contributed by atoms with Crippen molar-refractivity contribution < 1.29 is 8.82 Å². The number of benzene rings is 1. The van der Waals surface area contributed by atoms with Crippen molar-refractivity contribution in [2.24, 2.45) is 0 Å². The molecule has 0 amide bonds. The molecule has 2 heterocycles. The molecular formula is C19H27FN4OSi. The highest BCUT2D eigenvalue weighted by atomic mass is 28.4. The van der Waals surface area contributed by atoms with Gasteiger partial charge in [-0.3, -0.25) is 0 Å². The summed E-state index contributed by atoms with van der Waals surface area (Å²) in [5.41, 5.74) is 2.01. The van der Waals surface area contributed by atoms with Crippen molar-refractivity contribution in [1.82, 2.24) is 15.3 Å². The molecule has 0 bridgehead atoms. The van der Waals surface area contributed by atoms with Crippen molar-refractivity contribution in [2.75, 3.05) is 31.1 Å². The molecule has 1 aliphatic heterocycles. The summed E-state index contributed by atoms with van der Waals surface area (Å²) >= 11 is 0. The Kier molecular flexibility index (Phi) is 6.00. The Balaban J connectivity index is 1.74. The molecule has 1 aliphatic rings. The Bertz CT molecular complexity index is 697. The highest BCUT2D eigenvalue weighted by Crippen LogP contribution is 2.26. The maximum atomic E-state index is 13.3. The van der Waals surface area contributed by atoms with Crippen molar-refractivity contribution in [2.45, 2.75) is 32.2 Å². The van der Waals surface area contributed by atoms with Crippen molar-refractivity contribution in [3.05, 3.63) is 53.6 Å². The Morgan fingerprint density at radius 2 is 1.73 bits per heavy atom. The lowest BCUT2D eigenvalue weighted by Gasteiger charge is -2.28. The van der Waals surface area contributed by atoms with E-state index in [-0.39, 0.29) is 11.9 Å².